The Balaban J connectivity index is 0.920. The molecule has 5 aliphatic heterocycles. The van der Waals surface area contributed by atoms with Crippen LogP contribution in [0.3, 0.4) is 0 Å². The summed E-state index contributed by atoms with van der Waals surface area (Å²) in [5.41, 5.74) is 12.5. The Bertz CT molecular complexity index is 8870. The fraction of sp³-hybridized carbons (Fsp3) is 0.0357. The van der Waals surface area contributed by atoms with E-state index in [2.05, 4.69) is 120 Å². The topological polar surface area (TPSA) is 39.7 Å². The minimum Gasteiger partial charge on any atom is -0.459 e. The van der Waals surface area contributed by atoms with Crippen molar-refractivity contribution in [2.24, 2.45) is 0 Å². The smallest absolute Gasteiger partial charge is 0.266 e. The molecule has 0 spiro atoms. The number of fused-ring (bicyclic) bond motifs is 15. The molecule has 3 aromatic heterocycles. The van der Waals surface area contributed by atoms with Crippen LogP contribution in [0.15, 0.2) is 388 Å². The largest absolute Gasteiger partial charge is 0.459 e. The van der Waals surface area contributed by atoms with Gasteiger partial charge in [0.1, 0.15) is 23.0 Å². The molecule has 7 nitrogen and oxygen atoms in total. The van der Waals surface area contributed by atoms with Crippen LogP contribution < -0.4 is 52.1 Å². The van der Waals surface area contributed by atoms with Crippen LogP contribution in [0.5, 0.6) is 23.0 Å². The third kappa shape index (κ3) is 9.80. The zero-order valence-electron chi connectivity index (χ0n) is 82.3. The molecule has 21 aromatic rings. The lowest BCUT2D eigenvalue weighted by molar-refractivity contribution is 0.466. The number of ether oxygens (including phenoxy) is 2. The van der Waals surface area contributed by atoms with Gasteiger partial charge in [-0.2, -0.15) is 0 Å². The number of para-hydroxylation sites is 5. The minimum atomic E-state index is -1.56. The lowest BCUT2D eigenvalue weighted by Gasteiger charge is -2.48. The van der Waals surface area contributed by atoms with Crippen molar-refractivity contribution in [1.82, 2.24) is 13.7 Å². The van der Waals surface area contributed by atoms with Crippen molar-refractivity contribution < 1.29 is 32.8 Å². The first-order chi connectivity index (χ1) is 66.8. The number of nitrogens with zero attached hydrogens (tertiary/aromatic N) is 5. The minimum absolute atomic E-state index is 0.00544. The number of aromatic nitrogens is 3. The zero-order valence-corrected chi connectivity index (χ0v) is 65.3. The van der Waals surface area contributed by atoms with Crippen molar-refractivity contribution >= 4 is 146 Å². The average molecular weight is 1560 g/mol. The van der Waals surface area contributed by atoms with Gasteiger partial charge < -0.3 is 33.0 Å². The summed E-state index contributed by atoms with van der Waals surface area (Å²) in [4.78, 5) is 4.12. The number of rotatable bonds is 10. The second-order valence-electron chi connectivity index (χ2n) is 32.7. The number of hydrogen-bond donors (Lipinski definition) is 0. The van der Waals surface area contributed by atoms with E-state index in [1.807, 2.05) is 181 Å². The second kappa shape index (κ2) is 25.6. The van der Waals surface area contributed by atoms with Gasteiger partial charge in [0.05, 0.1) is 67.8 Å². The van der Waals surface area contributed by atoms with Crippen LogP contribution in [-0.4, -0.2) is 27.1 Å². The molecular formula is C112H73B2N5O2. The zero-order chi connectivity index (χ0) is 94.4. The van der Waals surface area contributed by atoms with Crippen molar-refractivity contribution in [1.29, 1.82) is 0 Å². The van der Waals surface area contributed by atoms with Gasteiger partial charge in [0.15, 0.2) is 0 Å². The molecule has 0 aliphatic carbocycles. The Labute approximate surface area is 724 Å². The van der Waals surface area contributed by atoms with Crippen molar-refractivity contribution in [2.75, 3.05) is 9.80 Å². The molecule has 5 aliphatic rings. The molecule has 0 bridgehead atoms. The molecule has 0 amide bonds. The Morgan fingerprint density at radius 3 is 1.23 bits per heavy atom. The van der Waals surface area contributed by atoms with Gasteiger partial charge in [-0.05, 0) is 186 Å². The van der Waals surface area contributed by atoms with Gasteiger partial charge in [-0.1, -0.05) is 306 Å². The highest BCUT2D eigenvalue weighted by Gasteiger charge is 2.54. The van der Waals surface area contributed by atoms with E-state index in [1.54, 1.807) is 28.8 Å². The van der Waals surface area contributed by atoms with Crippen LogP contribution in [0.2, 0.25) is 0 Å². The lowest BCUT2D eigenvalue weighted by Crippen LogP contribution is -2.66. The van der Waals surface area contributed by atoms with Crippen LogP contribution >= 0.6 is 0 Å². The third-order valence-corrected chi connectivity index (χ3v) is 25.2. The van der Waals surface area contributed by atoms with E-state index in [4.69, 9.17) is 10.8 Å². The van der Waals surface area contributed by atoms with Crippen molar-refractivity contribution in [3.63, 3.8) is 0 Å². The van der Waals surface area contributed by atoms with Crippen molar-refractivity contribution in [3.05, 3.63) is 393 Å². The lowest BCUT2D eigenvalue weighted by atomic mass is 9.29. The molecule has 26 rings (SSSR count). The molecular weight excluding hydrogens is 1470 g/mol. The average Bonchev–Trinajstić information content (AvgIpc) is 1.34. The van der Waals surface area contributed by atoms with E-state index in [-0.39, 0.29) is 113 Å². The molecule has 121 heavy (non-hydrogen) atoms. The summed E-state index contributed by atoms with van der Waals surface area (Å²) >= 11 is 0. The predicted octanol–water partition coefficient (Wildman–Crippen LogP) is 25.4. The highest BCUT2D eigenvalue weighted by Crippen LogP contribution is 2.58. The molecule has 0 fully saturated rings. The standard InChI is InChI=1S/C112H73B2N5O2/c1-112(2,3)76-61-96-103-97(62-76)119(109-87(72-40-18-8-19-41-72)65-78(66-88(109)73-42-20-9-21-43-73)116-92-51-29-24-46-81(92)82-47-25-30-52-93(82)116)98-67-99-105-111(121-102-60-75(69-34-12-5-13-35-69)59-101-106(102)114(105)107-100(120-101)57-55-84-83-48-26-31-53-94(83)117(99)110(84)107)104(98)113(103)89-56-54-74(68-32-10-4-11-33-68)58-95(89)118(96)108-85(70-36-14-6-15-37-70)63-77(64-86(108)71-38-16-7-17-39-71)115-90-49-27-22-44-79(90)80-45-23-28-50-91(80)115/h4-67H,1-3H3/i4D,10D,11D,26D,31D,32D,33D,48D,53D,54D,55D,56D,57D,58D,59D,60D,67D. The normalized spacial score (nSPS) is 15.1. The van der Waals surface area contributed by atoms with E-state index in [0.717, 1.165) is 55.0 Å². The van der Waals surface area contributed by atoms with Gasteiger partial charge in [0.2, 0.25) is 0 Å². The number of benzene rings is 18. The van der Waals surface area contributed by atoms with E-state index in [9.17, 15) is 21.9 Å². The van der Waals surface area contributed by atoms with Crippen molar-refractivity contribution in [2.45, 2.75) is 26.2 Å². The van der Waals surface area contributed by atoms with Crippen molar-refractivity contribution in [3.8, 4) is 107 Å². The van der Waals surface area contributed by atoms with Crippen LogP contribution in [-0.2, 0) is 5.41 Å². The first-order valence-electron chi connectivity index (χ1n) is 49.2. The highest BCUT2D eigenvalue weighted by molar-refractivity contribution is 7.04. The molecule has 0 saturated carbocycles. The Morgan fingerprint density at radius 2 is 0.727 bits per heavy atom. The van der Waals surface area contributed by atoms with Gasteiger partial charge >= 0.3 is 0 Å². The monoisotopic (exact) mass is 1560 g/mol. The summed E-state index contributed by atoms with van der Waals surface area (Å²) in [5, 5.41) is 3.84. The number of anilines is 6. The first-order valence-corrected chi connectivity index (χ1v) is 40.7. The van der Waals surface area contributed by atoms with E-state index < -0.39 is 115 Å². The van der Waals surface area contributed by atoms with E-state index >= 15 is 0 Å². The van der Waals surface area contributed by atoms with Gasteiger partial charge in [-0.25, -0.2) is 0 Å². The molecule has 18 aromatic carbocycles. The summed E-state index contributed by atoms with van der Waals surface area (Å²) in [6, 6.07) is 85.2. The third-order valence-electron chi connectivity index (χ3n) is 25.2. The van der Waals surface area contributed by atoms with Gasteiger partial charge in [0.25, 0.3) is 13.4 Å². The molecule has 0 unspecified atom stereocenters. The van der Waals surface area contributed by atoms with Gasteiger partial charge in [-0.3, -0.25) is 0 Å². The van der Waals surface area contributed by atoms with Crippen LogP contribution in [0.4, 0.5) is 34.1 Å². The summed E-state index contributed by atoms with van der Waals surface area (Å²) < 4.78 is 199. The van der Waals surface area contributed by atoms with Crippen LogP contribution in [0.25, 0.3) is 149 Å². The second-order valence-corrected chi connectivity index (χ2v) is 32.7. The molecule has 8 heterocycles. The van der Waals surface area contributed by atoms with Crippen LogP contribution in [0.1, 0.15) is 49.6 Å². The molecule has 0 atom stereocenters. The molecule has 0 N–H and O–H groups in total. The molecule has 564 valence electrons. The van der Waals surface area contributed by atoms with Gasteiger partial charge in [-0.15, -0.1) is 0 Å². The summed E-state index contributed by atoms with van der Waals surface area (Å²) in [7, 11) is 0. The Morgan fingerprint density at radius 1 is 0.281 bits per heavy atom. The SMILES string of the molecule is [2H]c1c([2H])c([2H])c(-c2c([2H])c([2H])c3c(c2[2H])N(c2c(-c4ccccc4)cc(-n4c5ccccc5c5ccccc54)cc2-c2ccccc2)c2cc(C(C)(C)C)cc4c2B3c2c3c5c(c([2H])c2N4c2c(-c4ccccc4)cc(-n4c6ccccc6c6ccccc64)cc2-c2ccccc2)-n2c4c([2H])c([2H])c([2H])c([2H])c4c4c([2H])c([2H])c6c(c42)B5c2c(c([2H])c(-c4ccccc4)c([2H])c2O6)O3)c([2H])c1[2H]. The molecule has 0 saturated heterocycles. The predicted molar refractivity (Wildman–Crippen MR) is 506 cm³/mol. The Hall–Kier alpha value is -15.3. The summed E-state index contributed by atoms with van der Waals surface area (Å²) in [6.45, 7) is 3.40. The first kappa shape index (κ1) is 53.1. The van der Waals surface area contributed by atoms with Gasteiger partial charge in [0, 0.05) is 99.8 Å². The Kier molecular flexibility index (Phi) is 11.2. The maximum atomic E-state index is 12.6. The van der Waals surface area contributed by atoms with E-state index in [1.165, 1.54) is 0 Å². The summed E-state index contributed by atoms with van der Waals surface area (Å²) in [6.07, 6.45) is 0. The fourth-order valence-electron chi connectivity index (χ4n) is 20.0. The highest BCUT2D eigenvalue weighted by atomic mass is 16.5. The molecule has 9 heteroatoms. The summed E-state index contributed by atoms with van der Waals surface area (Å²) in [5.74, 6) is -0.472. The maximum Gasteiger partial charge on any atom is 0.266 e. The fourth-order valence-corrected chi connectivity index (χ4v) is 20.0. The maximum absolute atomic E-state index is 12.6. The van der Waals surface area contributed by atoms with E-state index in [0.29, 0.717) is 83.8 Å². The molecule has 0 radical (unpaired) electrons. The van der Waals surface area contributed by atoms with Crippen LogP contribution in [0, 0.1) is 0 Å². The quantitative estimate of drug-likeness (QED) is 0.128. The number of hydrogen-bond acceptors (Lipinski definition) is 4.